The highest BCUT2D eigenvalue weighted by Crippen LogP contribution is 2.08. The number of hydrogen-bond donors (Lipinski definition) is 0. The van der Waals surface area contributed by atoms with Crippen molar-refractivity contribution >= 4 is 6.09 Å². The number of nitro groups is 1. The first-order valence-electron chi connectivity index (χ1n) is 3.11. The molecule has 0 spiro atoms. The predicted octanol–water partition coefficient (Wildman–Crippen LogP) is 1.46. The highest BCUT2D eigenvalue weighted by molar-refractivity contribution is 5.61. The molecule has 0 radical (unpaired) electrons. The normalized spacial score (nSPS) is 9.00. The molecular weight excluding hydrogens is 162 g/mol. The largest absolute Gasteiger partial charge is 0.662 e. The predicted molar refractivity (Wildman–Crippen MR) is 39.5 cm³/mol. The van der Waals surface area contributed by atoms with Gasteiger partial charge in [0.25, 0.3) is 0 Å². The molecule has 0 unspecified atom stereocenters. The van der Waals surface area contributed by atoms with Crippen molar-refractivity contribution in [3.63, 3.8) is 0 Å². The summed E-state index contributed by atoms with van der Waals surface area (Å²) in [5.74, 6) is 0.166. The van der Waals surface area contributed by atoms with E-state index in [0.717, 1.165) is 0 Å². The molecule has 0 aliphatic carbocycles. The molecule has 1 aromatic carbocycles. The zero-order valence-corrected chi connectivity index (χ0v) is 5.97. The van der Waals surface area contributed by atoms with Crippen LogP contribution in [0, 0.1) is 10.1 Å². The van der Waals surface area contributed by atoms with Gasteiger partial charge in [-0.05, 0) is 12.1 Å². The first-order chi connectivity index (χ1) is 5.70. The third-order valence-corrected chi connectivity index (χ3v) is 1.10. The van der Waals surface area contributed by atoms with Crippen molar-refractivity contribution in [3.05, 3.63) is 40.4 Å². The van der Waals surface area contributed by atoms with Crippen LogP contribution in [-0.4, -0.2) is 11.0 Å². The molecule has 0 saturated heterocycles. The molecule has 12 heavy (non-hydrogen) atoms. The Labute approximate surface area is 67.7 Å². The van der Waals surface area contributed by atoms with Crippen molar-refractivity contribution in [1.82, 2.24) is 0 Å². The number of hydrogen-bond acceptors (Lipinski definition) is 4. The lowest BCUT2D eigenvalue weighted by Crippen LogP contribution is -2.16. The van der Waals surface area contributed by atoms with Crippen molar-refractivity contribution in [1.29, 1.82) is 0 Å². The molecule has 0 aliphatic rings. The Bertz CT molecular complexity index is 296. The number of carbonyl (C=O) groups excluding carboxylic acids is 1. The molecule has 0 fully saturated rings. The van der Waals surface area contributed by atoms with E-state index in [1.54, 1.807) is 18.2 Å². The monoisotopic (exact) mass is 167 g/mol. The van der Waals surface area contributed by atoms with Crippen LogP contribution in [0.25, 0.3) is 0 Å². The van der Waals surface area contributed by atoms with Gasteiger partial charge in [-0.1, -0.05) is 18.2 Å². The van der Waals surface area contributed by atoms with Crippen molar-refractivity contribution in [2.24, 2.45) is 0 Å². The second-order valence-corrected chi connectivity index (χ2v) is 1.94. The Morgan fingerprint density at radius 3 is 2.42 bits per heavy atom. The van der Waals surface area contributed by atoms with E-state index in [4.69, 9.17) is 0 Å². The summed E-state index contributed by atoms with van der Waals surface area (Å²) in [4.78, 5) is 19.1. The first-order valence-corrected chi connectivity index (χ1v) is 3.11. The highest BCUT2D eigenvalue weighted by atomic mass is 16.7. The van der Waals surface area contributed by atoms with E-state index in [1.165, 1.54) is 12.1 Å². The standard InChI is InChI=1S/C7H5NO4/c9-7(8(10)11)12-6-4-2-1-3-5-6/h1-5H. The summed E-state index contributed by atoms with van der Waals surface area (Å²) in [5.41, 5.74) is 0. The van der Waals surface area contributed by atoms with E-state index in [0.29, 0.717) is 0 Å². The van der Waals surface area contributed by atoms with Crippen LogP contribution >= 0.6 is 0 Å². The maximum Gasteiger partial charge on any atom is 0.662 e. The van der Waals surface area contributed by atoms with Gasteiger partial charge in [0.05, 0.1) is 0 Å². The first kappa shape index (κ1) is 8.19. The molecule has 5 heteroatoms. The summed E-state index contributed by atoms with van der Waals surface area (Å²) in [7, 11) is 0. The minimum absolute atomic E-state index is 0.166. The molecule has 0 N–H and O–H groups in total. The van der Waals surface area contributed by atoms with Gasteiger partial charge >= 0.3 is 6.09 Å². The number of para-hydroxylation sites is 1. The Morgan fingerprint density at radius 1 is 1.33 bits per heavy atom. The minimum atomic E-state index is -1.47. The zero-order chi connectivity index (χ0) is 8.97. The summed E-state index contributed by atoms with van der Waals surface area (Å²) < 4.78 is 4.34. The molecule has 0 atom stereocenters. The van der Waals surface area contributed by atoms with Crippen LogP contribution in [0.3, 0.4) is 0 Å². The van der Waals surface area contributed by atoms with E-state index in [1.807, 2.05) is 0 Å². The molecule has 1 amide bonds. The maximum absolute atomic E-state index is 10.4. The Kier molecular flexibility index (Phi) is 2.37. The molecule has 5 nitrogen and oxygen atoms in total. The van der Waals surface area contributed by atoms with Gasteiger partial charge in [0, 0.05) is 0 Å². The lowest BCUT2D eigenvalue weighted by molar-refractivity contribution is -0.389. The third kappa shape index (κ3) is 2.05. The van der Waals surface area contributed by atoms with Crippen LogP contribution < -0.4 is 4.74 Å². The molecular formula is C7H5NO4. The number of amides is 1. The van der Waals surface area contributed by atoms with E-state index in [-0.39, 0.29) is 5.75 Å². The number of carbonyl (C=O) groups is 1. The van der Waals surface area contributed by atoms with Crippen LogP contribution in [0.5, 0.6) is 5.75 Å². The molecule has 0 bridgehead atoms. The van der Waals surface area contributed by atoms with Crippen molar-refractivity contribution in [2.45, 2.75) is 0 Å². The van der Waals surface area contributed by atoms with Gasteiger partial charge in [0.2, 0.25) is 0 Å². The summed E-state index contributed by atoms with van der Waals surface area (Å²) in [6.45, 7) is 0. The molecule has 62 valence electrons. The van der Waals surface area contributed by atoms with Gasteiger partial charge in [-0.15, -0.1) is 0 Å². The molecule has 0 aliphatic heterocycles. The fraction of sp³-hybridized carbons (Fsp3) is 0. The lowest BCUT2D eigenvalue weighted by atomic mass is 10.3. The quantitative estimate of drug-likeness (QED) is 0.469. The van der Waals surface area contributed by atoms with Crippen LogP contribution in [0.2, 0.25) is 0 Å². The summed E-state index contributed by atoms with van der Waals surface area (Å²) in [5, 5.41) is 9.83. The SMILES string of the molecule is O=C(Oc1ccccc1)[N+](=O)[O-]. The van der Waals surface area contributed by atoms with Crippen LogP contribution in [0.15, 0.2) is 30.3 Å². The van der Waals surface area contributed by atoms with Gasteiger partial charge in [-0.2, -0.15) is 4.79 Å². The number of nitrogens with zero attached hydrogens (tertiary/aromatic N) is 1. The molecule has 0 heterocycles. The van der Waals surface area contributed by atoms with Gasteiger partial charge < -0.3 is 4.74 Å². The van der Waals surface area contributed by atoms with Gasteiger partial charge in [-0.25, -0.2) is 0 Å². The summed E-state index contributed by atoms with van der Waals surface area (Å²) in [6, 6.07) is 7.86. The Balaban J connectivity index is 2.65. The van der Waals surface area contributed by atoms with Crippen LogP contribution in [0.4, 0.5) is 4.79 Å². The molecule has 0 saturated carbocycles. The maximum atomic E-state index is 10.4. The molecule has 1 rings (SSSR count). The Hall–Kier alpha value is -1.91. The van der Waals surface area contributed by atoms with E-state index >= 15 is 0 Å². The van der Waals surface area contributed by atoms with Crippen molar-refractivity contribution in [2.75, 3.05) is 0 Å². The van der Waals surface area contributed by atoms with Gasteiger partial charge in [0.15, 0.2) is 0 Å². The Morgan fingerprint density at radius 2 is 1.92 bits per heavy atom. The second kappa shape index (κ2) is 3.47. The highest BCUT2D eigenvalue weighted by Gasteiger charge is 2.17. The second-order valence-electron chi connectivity index (χ2n) is 1.94. The third-order valence-electron chi connectivity index (χ3n) is 1.10. The summed E-state index contributed by atoms with van der Waals surface area (Å²) in [6.07, 6.45) is -1.47. The van der Waals surface area contributed by atoms with E-state index in [2.05, 4.69) is 4.74 Å². The smallest absolute Gasteiger partial charge is 0.368 e. The fourth-order valence-corrected chi connectivity index (χ4v) is 0.627. The lowest BCUT2D eigenvalue weighted by Gasteiger charge is -1.94. The van der Waals surface area contributed by atoms with Gasteiger partial charge in [-0.3, -0.25) is 10.1 Å². The van der Waals surface area contributed by atoms with Crippen LogP contribution in [0.1, 0.15) is 0 Å². The minimum Gasteiger partial charge on any atom is -0.368 e. The average Bonchev–Trinajstić information content (AvgIpc) is 2.06. The number of benzene rings is 1. The van der Waals surface area contributed by atoms with Gasteiger partial charge in [0.1, 0.15) is 10.7 Å². The fourth-order valence-electron chi connectivity index (χ4n) is 0.627. The topological polar surface area (TPSA) is 69.4 Å². The van der Waals surface area contributed by atoms with Crippen LogP contribution in [-0.2, 0) is 0 Å². The average molecular weight is 167 g/mol. The molecule has 1 aromatic rings. The van der Waals surface area contributed by atoms with E-state index in [9.17, 15) is 14.9 Å². The molecule has 0 aromatic heterocycles. The summed E-state index contributed by atoms with van der Waals surface area (Å²) >= 11 is 0. The van der Waals surface area contributed by atoms with Crippen molar-refractivity contribution in [3.8, 4) is 5.75 Å². The number of rotatable bonds is 1. The van der Waals surface area contributed by atoms with Crippen molar-refractivity contribution < 1.29 is 14.5 Å². The van der Waals surface area contributed by atoms with E-state index < -0.39 is 11.0 Å². The number of ether oxygens (including phenoxy) is 1. The zero-order valence-electron chi connectivity index (χ0n) is 5.97.